The second-order valence-electron chi connectivity index (χ2n) is 5.20. The van der Waals surface area contributed by atoms with Gasteiger partial charge in [-0.25, -0.2) is 0 Å². The molecular formula is C17H22N2. The number of rotatable bonds is 6. The molecule has 0 amide bonds. The zero-order chi connectivity index (χ0) is 13.7. The van der Waals surface area contributed by atoms with E-state index < -0.39 is 0 Å². The van der Waals surface area contributed by atoms with E-state index in [0.29, 0.717) is 6.04 Å². The number of aromatic nitrogens is 1. The molecule has 0 atom stereocenters. The van der Waals surface area contributed by atoms with Gasteiger partial charge in [0, 0.05) is 42.7 Å². The van der Waals surface area contributed by atoms with Crippen LogP contribution in [0.4, 0.5) is 0 Å². The van der Waals surface area contributed by atoms with Crippen LogP contribution in [0.25, 0.3) is 10.9 Å². The lowest BCUT2D eigenvalue weighted by molar-refractivity contribution is 0.590. The summed E-state index contributed by atoms with van der Waals surface area (Å²) in [6.07, 6.45) is 9.35. The Labute approximate surface area is 115 Å². The number of aryl methyl sites for hydroxylation is 1. The third kappa shape index (κ3) is 3.39. The number of hydrogen-bond donors (Lipinski definition) is 1. The first-order chi connectivity index (χ1) is 9.22. The Bertz CT molecular complexity index is 572. The summed E-state index contributed by atoms with van der Waals surface area (Å²) >= 11 is 0. The quantitative estimate of drug-likeness (QED) is 0.616. The number of hydrogen-bond acceptors (Lipinski definition) is 1. The van der Waals surface area contributed by atoms with Crippen LogP contribution in [-0.4, -0.2) is 10.6 Å². The molecule has 2 aromatic rings. The fraction of sp³-hybridized carbons (Fsp3) is 0.412. The van der Waals surface area contributed by atoms with Gasteiger partial charge in [-0.05, 0) is 24.1 Å². The van der Waals surface area contributed by atoms with E-state index in [0.717, 1.165) is 25.9 Å². The lowest BCUT2D eigenvalue weighted by Gasteiger charge is -2.10. The summed E-state index contributed by atoms with van der Waals surface area (Å²) in [7, 11) is 0. The molecule has 0 saturated heterocycles. The molecule has 1 aromatic carbocycles. The van der Waals surface area contributed by atoms with E-state index in [4.69, 9.17) is 6.42 Å². The molecule has 1 heterocycles. The number of fused-ring (bicyclic) bond motifs is 1. The third-order valence-electron chi connectivity index (χ3n) is 3.32. The lowest BCUT2D eigenvalue weighted by Crippen LogP contribution is -2.21. The highest BCUT2D eigenvalue weighted by Crippen LogP contribution is 2.21. The molecule has 0 bridgehead atoms. The van der Waals surface area contributed by atoms with Gasteiger partial charge in [0.15, 0.2) is 0 Å². The van der Waals surface area contributed by atoms with Gasteiger partial charge in [0.1, 0.15) is 0 Å². The smallest absolute Gasteiger partial charge is 0.0483 e. The molecule has 0 radical (unpaired) electrons. The van der Waals surface area contributed by atoms with Gasteiger partial charge in [0.2, 0.25) is 0 Å². The summed E-state index contributed by atoms with van der Waals surface area (Å²) in [6.45, 7) is 6.26. The van der Waals surface area contributed by atoms with Crippen molar-refractivity contribution in [3.63, 3.8) is 0 Å². The van der Waals surface area contributed by atoms with E-state index in [2.05, 4.69) is 60.1 Å². The molecule has 0 aliphatic rings. The number of terminal acetylenes is 1. The third-order valence-corrected chi connectivity index (χ3v) is 3.32. The lowest BCUT2D eigenvalue weighted by atomic mass is 10.1. The van der Waals surface area contributed by atoms with Gasteiger partial charge in [-0.1, -0.05) is 26.0 Å². The van der Waals surface area contributed by atoms with Gasteiger partial charge in [0.25, 0.3) is 0 Å². The SMILES string of the molecule is C#CCCCn1ccc2c(CNC(C)C)cccc21. The number of benzene rings is 1. The molecule has 1 N–H and O–H groups in total. The Kier molecular flexibility index (Phi) is 4.65. The van der Waals surface area contributed by atoms with E-state index in [1.54, 1.807) is 0 Å². The molecule has 100 valence electrons. The van der Waals surface area contributed by atoms with Crippen LogP contribution >= 0.6 is 0 Å². The Balaban J connectivity index is 2.19. The summed E-state index contributed by atoms with van der Waals surface area (Å²) in [6, 6.07) is 9.24. The Morgan fingerprint density at radius 1 is 1.32 bits per heavy atom. The van der Waals surface area contributed by atoms with E-state index in [9.17, 15) is 0 Å². The van der Waals surface area contributed by atoms with Crippen molar-refractivity contribution in [2.24, 2.45) is 0 Å². The fourth-order valence-corrected chi connectivity index (χ4v) is 2.30. The van der Waals surface area contributed by atoms with Crippen LogP contribution in [-0.2, 0) is 13.1 Å². The molecule has 2 nitrogen and oxygen atoms in total. The molecule has 0 aliphatic carbocycles. The first-order valence-corrected chi connectivity index (χ1v) is 6.96. The van der Waals surface area contributed by atoms with Crippen molar-refractivity contribution in [2.75, 3.05) is 0 Å². The van der Waals surface area contributed by atoms with Crippen molar-refractivity contribution in [1.29, 1.82) is 0 Å². The molecule has 2 heteroatoms. The largest absolute Gasteiger partial charge is 0.347 e. The van der Waals surface area contributed by atoms with Crippen LogP contribution in [0.15, 0.2) is 30.5 Å². The van der Waals surface area contributed by atoms with Crippen LogP contribution in [0.2, 0.25) is 0 Å². The van der Waals surface area contributed by atoms with Gasteiger partial charge >= 0.3 is 0 Å². The molecule has 0 unspecified atom stereocenters. The van der Waals surface area contributed by atoms with E-state index in [1.165, 1.54) is 16.5 Å². The average Bonchev–Trinajstić information content (AvgIpc) is 2.80. The van der Waals surface area contributed by atoms with Crippen molar-refractivity contribution in [3.8, 4) is 12.3 Å². The molecule has 0 spiro atoms. The Morgan fingerprint density at radius 3 is 2.89 bits per heavy atom. The first kappa shape index (κ1) is 13.7. The summed E-state index contributed by atoms with van der Waals surface area (Å²) in [5.41, 5.74) is 2.67. The fourth-order valence-electron chi connectivity index (χ4n) is 2.30. The summed E-state index contributed by atoms with van der Waals surface area (Å²) in [5, 5.41) is 4.82. The molecule has 0 fully saturated rings. The van der Waals surface area contributed by atoms with Crippen LogP contribution in [0.5, 0.6) is 0 Å². The van der Waals surface area contributed by atoms with Crippen molar-refractivity contribution >= 4 is 10.9 Å². The van der Waals surface area contributed by atoms with Crippen molar-refractivity contribution in [1.82, 2.24) is 9.88 Å². The zero-order valence-corrected chi connectivity index (χ0v) is 11.8. The number of nitrogens with one attached hydrogen (secondary N) is 1. The summed E-state index contributed by atoms with van der Waals surface area (Å²) in [4.78, 5) is 0. The second-order valence-corrected chi connectivity index (χ2v) is 5.20. The van der Waals surface area contributed by atoms with Crippen LogP contribution in [0, 0.1) is 12.3 Å². The zero-order valence-electron chi connectivity index (χ0n) is 11.8. The standard InChI is InChI=1S/C17H22N2/c1-4-5-6-11-19-12-10-16-15(13-18-14(2)3)8-7-9-17(16)19/h1,7-10,12,14,18H,5-6,11,13H2,2-3H3. The Morgan fingerprint density at radius 2 is 2.16 bits per heavy atom. The maximum atomic E-state index is 5.31. The highest BCUT2D eigenvalue weighted by atomic mass is 15.0. The van der Waals surface area contributed by atoms with Gasteiger partial charge < -0.3 is 9.88 Å². The van der Waals surface area contributed by atoms with Crippen LogP contribution < -0.4 is 5.32 Å². The van der Waals surface area contributed by atoms with Gasteiger partial charge in [0.05, 0.1) is 0 Å². The normalized spacial score (nSPS) is 11.1. The van der Waals surface area contributed by atoms with Crippen LogP contribution in [0.1, 0.15) is 32.3 Å². The molecule has 1 aromatic heterocycles. The molecule has 2 rings (SSSR count). The maximum absolute atomic E-state index is 5.31. The average molecular weight is 254 g/mol. The monoisotopic (exact) mass is 254 g/mol. The van der Waals surface area contributed by atoms with E-state index in [1.807, 2.05) is 0 Å². The molecule has 19 heavy (non-hydrogen) atoms. The minimum Gasteiger partial charge on any atom is -0.347 e. The highest BCUT2D eigenvalue weighted by molar-refractivity contribution is 5.83. The second kappa shape index (κ2) is 6.45. The van der Waals surface area contributed by atoms with Crippen molar-refractivity contribution in [3.05, 3.63) is 36.0 Å². The molecule has 0 aliphatic heterocycles. The van der Waals surface area contributed by atoms with Crippen molar-refractivity contribution in [2.45, 2.75) is 45.8 Å². The van der Waals surface area contributed by atoms with Crippen LogP contribution in [0.3, 0.4) is 0 Å². The van der Waals surface area contributed by atoms with Crippen molar-refractivity contribution < 1.29 is 0 Å². The molecular weight excluding hydrogens is 232 g/mol. The predicted molar refractivity (Wildman–Crippen MR) is 82.0 cm³/mol. The molecule has 0 saturated carbocycles. The van der Waals surface area contributed by atoms with E-state index >= 15 is 0 Å². The summed E-state index contributed by atoms with van der Waals surface area (Å²) in [5.74, 6) is 2.70. The topological polar surface area (TPSA) is 17.0 Å². The first-order valence-electron chi connectivity index (χ1n) is 6.96. The number of nitrogens with zero attached hydrogens (tertiary/aromatic N) is 1. The predicted octanol–water partition coefficient (Wildman–Crippen LogP) is 3.55. The van der Waals surface area contributed by atoms with Gasteiger partial charge in [-0.15, -0.1) is 12.3 Å². The maximum Gasteiger partial charge on any atom is 0.0483 e. The Hall–Kier alpha value is -1.72. The van der Waals surface area contributed by atoms with E-state index in [-0.39, 0.29) is 0 Å². The summed E-state index contributed by atoms with van der Waals surface area (Å²) < 4.78 is 2.30. The highest BCUT2D eigenvalue weighted by Gasteiger charge is 2.05. The number of unbranched alkanes of at least 4 members (excludes halogenated alkanes) is 1. The van der Waals surface area contributed by atoms with Gasteiger partial charge in [-0.2, -0.15) is 0 Å². The minimum absolute atomic E-state index is 0.507. The van der Waals surface area contributed by atoms with Gasteiger partial charge in [-0.3, -0.25) is 0 Å². The minimum atomic E-state index is 0.507.